The van der Waals surface area contributed by atoms with Gasteiger partial charge in [-0.15, -0.1) is 0 Å². The lowest BCUT2D eigenvalue weighted by Crippen LogP contribution is -2.12. The molecule has 0 aromatic heterocycles. The zero-order valence-corrected chi connectivity index (χ0v) is 11.6. The Bertz CT molecular complexity index is 624. The minimum atomic E-state index is -0.199. The van der Waals surface area contributed by atoms with Gasteiger partial charge in [0.05, 0.1) is 6.61 Å². The van der Waals surface area contributed by atoms with Crippen molar-refractivity contribution in [3.05, 3.63) is 53.3 Å². The molecule has 3 heteroatoms. The number of halogens is 1. The zero-order chi connectivity index (χ0) is 13.9. The van der Waals surface area contributed by atoms with E-state index in [0.29, 0.717) is 6.54 Å². The number of ether oxygens (including phenoxy) is 1. The van der Waals surface area contributed by atoms with Crippen molar-refractivity contribution in [2.45, 2.75) is 19.9 Å². The molecule has 2 aromatic rings. The van der Waals surface area contributed by atoms with E-state index in [0.717, 1.165) is 42.0 Å². The molecule has 1 heterocycles. The van der Waals surface area contributed by atoms with E-state index in [9.17, 15) is 4.39 Å². The summed E-state index contributed by atoms with van der Waals surface area (Å²) in [4.78, 5) is 0. The maximum absolute atomic E-state index is 13.5. The predicted molar refractivity (Wildman–Crippen MR) is 78.4 cm³/mol. The maximum Gasteiger partial charge on any atom is 0.130 e. The molecule has 0 radical (unpaired) electrons. The van der Waals surface area contributed by atoms with Crippen LogP contribution in [0.25, 0.3) is 11.1 Å². The molecule has 0 saturated carbocycles. The summed E-state index contributed by atoms with van der Waals surface area (Å²) in [7, 11) is 0. The largest absolute Gasteiger partial charge is 0.492 e. The fourth-order valence-corrected chi connectivity index (χ4v) is 2.66. The van der Waals surface area contributed by atoms with Crippen molar-refractivity contribution in [3.63, 3.8) is 0 Å². The summed E-state index contributed by atoms with van der Waals surface area (Å²) >= 11 is 0. The Kier molecular flexibility index (Phi) is 3.70. The van der Waals surface area contributed by atoms with E-state index >= 15 is 0 Å². The average Bonchev–Trinajstić information content (AvgIpc) is 2.94. The second-order valence-electron chi connectivity index (χ2n) is 4.97. The molecule has 0 spiro atoms. The first-order valence-corrected chi connectivity index (χ1v) is 7.04. The average molecular weight is 271 g/mol. The standard InChI is InChI=1S/C17H18FNO/c1-2-19-11-13-10-14(18)6-7-15(13)16-5-3-4-12-8-9-20-17(12)16/h3-7,10,19H,2,8-9,11H2,1H3. The molecule has 0 amide bonds. The number of benzene rings is 2. The highest BCUT2D eigenvalue weighted by Crippen LogP contribution is 2.38. The van der Waals surface area contributed by atoms with E-state index < -0.39 is 0 Å². The molecule has 0 unspecified atom stereocenters. The van der Waals surface area contributed by atoms with E-state index in [2.05, 4.69) is 11.4 Å². The van der Waals surface area contributed by atoms with Crippen LogP contribution in [0.5, 0.6) is 5.75 Å². The Hall–Kier alpha value is -1.87. The van der Waals surface area contributed by atoms with Gasteiger partial charge in [0.1, 0.15) is 11.6 Å². The van der Waals surface area contributed by atoms with Crippen molar-refractivity contribution in [2.75, 3.05) is 13.2 Å². The third kappa shape index (κ3) is 2.41. The highest BCUT2D eigenvalue weighted by molar-refractivity contribution is 5.75. The molecule has 2 nitrogen and oxygen atoms in total. The lowest BCUT2D eigenvalue weighted by atomic mass is 9.96. The minimum absolute atomic E-state index is 0.199. The van der Waals surface area contributed by atoms with Crippen LogP contribution in [-0.2, 0) is 13.0 Å². The van der Waals surface area contributed by atoms with Crippen LogP contribution in [0, 0.1) is 5.82 Å². The Morgan fingerprint density at radius 1 is 1.20 bits per heavy atom. The van der Waals surface area contributed by atoms with Crippen molar-refractivity contribution in [1.29, 1.82) is 0 Å². The second kappa shape index (κ2) is 5.63. The van der Waals surface area contributed by atoms with E-state index in [1.54, 1.807) is 6.07 Å². The highest BCUT2D eigenvalue weighted by atomic mass is 19.1. The number of rotatable bonds is 4. The van der Waals surface area contributed by atoms with Crippen molar-refractivity contribution in [2.24, 2.45) is 0 Å². The van der Waals surface area contributed by atoms with Gasteiger partial charge in [0.25, 0.3) is 0 Å². The molecular formula is C17H18FNO. The second-order valence-corrected chi connectivity index (χ2v) is 4.97. The molecule has 1 N–H and O–H groups in total. The van der Waals surface area contributed by atoms with Crippen molar-refractivity contribution < 1.29 is 9.13 Å². The molecule has 1 aliphatic rings. The molecule has 0 bridgehead atoms. The summed E-state index contributed by atoms with van der Waals surface area (Å²) < 4.78 is 19.3. The van der Waals surface area contributed by atoms with Gasteiger partial charge in [-0.25, -0.2) is 4.39 Å². The van der Waals surface area contributed by atoms with Crippen molar-refractivity contribution in [3.8, 4) is 16.9 Å². The molecule has 0 fully saturated rings. The van der Waals surface area contributed by atoms with E-state index in [1.165, 1.54) is 11.6 Å². The van der Waals surface area contributed by atoms with E-state index in [-0.39, 0.29) is 5.82 Å². The van der Waals surface area contributed by atoms with Crippen LogP contribution >= 0.6 is 0 Å². The molecule has 104 valence electrons. The van der Waals surface area contributed by atoms with E-state index in [1.807, 2.05) is 25.1 Å². The van der Waals surface area contributed by atoms with Crippen LogP contribution in [0.15, 0.2) is 36.4 Å². The van der Waals surface area contributed by atoms with Gasteiger partial charge in [0, 0.05) is 18.5 Å². The van der Waals surface area contributed by atoms with Crippen LogP contribution in [0.4, 0.5) is 4.39 Å². The summed E-state index contributed by atoms with van der Waals surface area (Å²) in [5.41, 5.74) is 4.32. The van der Waals surface area contributed by atoms with Gasteiger partial charge < -0.3 is 10.1 Å². The fourth-order valence-electron chi connectivity index (χ4n) is 2.66. The number of hydrogen-bond donors (Lipinski definition) is 1. The zero-order valence-electron chi connectivity index (χ0n) is 11.6. The SMILES string of the molecule is CCNCc1cc(F)ccc1-c1cccc2c1OCC2. The number of para-hydroxylation sites is 1. The first-order valence-electron chi connectivity index (χ1n) is 7.04. The molecule has 20 heavy (non-hydrogen) atoms. The number of hydrogen-bond acceptors (Lipinski definition) is 2. The van der Waals surface area contributed by atoms with Gasteiger partial charge in [0.15, 0.2) is 0 Å². The normalized spacial score (nSPS) is 13.1. The molecule has 0 aliphatic carbocycles. The van der Waals surface area contributed by atoms with Crippen molar-refractivity contribution >= 4 is 0 Å². The van der Waals surface area contributed by atoms with Crippen LogP contribution in [0.2, 0.25) is 0 Å². The Balaban J connectivity index is 2.08. The summed E-state index contributed by atoms with van der Waals surface area (Å²) in [6, 6.07) is 11.2. The van der Waals surface area contributed by atoms with Crippen LogP contribution in [0.3, 0.4) is 0 Å². The predicted octanol–water partition coefficient (Wildman–Crippen LogP) is 3.54. The molecule has 2 aromatic carbocycles. The van der Waals surface area contributed by atoms with Gasteiger partial charge in [-0.2, -0.15) is 0 Å². The maximum atomic E-state index is 13.5. The number of nitrogens with one attached hydrogen (secondary N) is 1. The first kappa shape index (κ1) is 13.1. The van der Waals surface area contributed by atoms with E-state index in [4.69, 9.17) is 4.74 Å². The smallest absolute Gasteiger partial charge is 0.130 e. The van der Waals surface area contributed by atoms with Crippen LogP contribution in [-0.4, -0.2) is 13.2 Å². The fraction of sp³-hybridized carbons (Fsp3) is 0.294. The van der Waals surface area contributed by atoms with Gasteiger partial charge >= 0.3 is 0 Å². The topological polar surface area (TPSA) is 21.3 Å². The Morgan fingerprint density at radius 2 is 2.10 bits per heavy atom. The lowest BCUT2D eigenvalue weighted by Gasteiger charge is -2.13. The van der Waals surface area contributed by atoms with Gasteiger partial charge in [0.2, 0.25) is 0 Å². The molecule has 1 aliphatic heterocycles. The van der Waals surface area contributed by atoms with Crippen molar-refractivity contribution in [1.82, 2.24) is 5.32 Å². The van der Waals surface area contributed by atoms with Crippen LogP contribution in [0.1, 0.15) is 18.1 Å². The minimum Gasteiger partial charge on any atom is -0.492 e. The van der Waals surface area contributed by atoms with Gasteiger partial charge in [-0.1, -0.05) is 31.2 Å². The van der Waals surface area contributed by atoms with Gasteiger partial charge in [-0.3, -0.25) is 0 Å². The monoisotopic (exact) mass is 271 g/mol. The molecular weight excluding hydrogens is 253 g/mol. The molecule has 0 saturated heterocycles. The number of fused-ring (bicyclic) bond motifs is 1. The third-order valence-electron chi connectivity index (χ3n) is 3.64. The highest BCUT2D eigenvalue weighted by Gasteiger charge is 2.18. The molecule has 3 rings (SSSR count). The lowest BCUT2D eigenvalue weighted by molar-refractivity contribution is 0.358. The summed E-state index contributed by atoms with van der Waals surface area (Å²) in [5, 5.41) is 3.26. The summed E-state index contributed by atoms with van der Waals surface area (Å²) in [5.74, 6) is 0.756. The van der Waals surface area contributed by atoms with Crippen LogP contribution < -0.4 is 10.1 Å². The summed E-state index contributed by atoms with van der Waals surface area (Å²) in [6.07, 6.45) is 0.951. The summed E-state index contributed by atoms with van der Waals surface area (Å²) in [6.45, 7) is 4.30. The van der Waals surface area contributed by atoms with Gasteiger partial charge in [-0.05, 0) is 35.4 Å². The Labute approximate surface area is 118 Å². The third-order valence-corrected chi connectivity index (χ3v) is 3.64. The first-order chi connectivity index (χ1) is 9.79. The molecule has 0 atom stereocenters. The quantitative estimate of drug-likeness (QED) is 0.918. The Morgan fingerprint density at radius 3 is 2.95 bits per heavy atom.